The van der Waals surface area contributed by atoms with Crippen LogP contribution >= 0.6 is 23.4 Å². The summed E-state index contributed by atoms with van der Waals surface area (Å²) < 4.78 is 5.16. The van der Waals surface area contributed by atoms with E-state index in [1.807, 2.05) is 36.9 Å². The second-order valence-corrected chi connectivity index (χ2v) is 7.57. The van der Waals surface area contributed by atoms with Gasteiger partial charge in [-0.25, -0.2) is 0 Å². The number of carbonyl (C=O) groups is 1. The van der Waals surface area contributed by atoms with Gasteiger partial charge in [0.25, 0.3) is 0 Å². The Morgan fingerprint density at radius 3 is 2.68 bits per heavy atom. The zero-order valence-electron chi connectivity index (χ0n) is 14.5. The van der Waals surface area contributed by atoms with E-state index < -0.39 is 0 Å². The van der Waals surface area contributed by atoms with Crippen molar-refractivity contribution in [1.82, 2.24) is 10.1 Å². The lowest BCUT2D eigenvalue weighted by Gasteiger charge is -2.36. The number of halogens is 1. The number of anilines is 1. The Balaban J connectivity index is 1.45. The number of carbonyl (C=O) groups excluding carboxylic acids is 1. The Kier molecular flexibility index (Phi) is 5.91. The third-order valence-electron chi connectivity index (χ3n) is 4.46. The molecule has 0 aliphatic carbocycles. The minimum atomic E-state index is 0.197. The molecule has 0 bridgehead atoms. The van der Waals surface area contributed by atoms with Crippen LogP contribution in [-0.2, 0) is 10.5 Å². The van der Waals surface area contributed by atoms with Gasteiger partial charge in [-0.3, -0.25) is 4.79 Å². The highest BCUT2D eigenvalue weighted by Gasteiger charge is 2.21. The molecule has 0 radical (unpaired) electrons. The van der Waals surface area contributed by atoms with Gasteiger partial charge in [-0.15, -0.1) is 11.8 Å². The Bertz CT molecular complexity index is 722. The Morgan fingerprint density at radius 2 is 2.04 bits per heavy atom. The van der Waals surface area contributed by atoms with Gasteiger partial charge in [0.1, 0.15) is 5.76 Å². The lowest BCUT2D eigenvalue weighted by Crippen LogP contribution is -2.49. The monoisotopic (exact) mass is 379 g/mol. The summed E-state index contributed by atoms with van der Waals surface area (Å²) in [5, 5.41) is 4.69. The van der Waals surface area contributed by atoms with Gasteiger partial charge in [0.15, 0.2) is 0 Å². The van der Waals surface area contributed by atoms with Crippen LogP contribution in [0.4, 0.5) is 5.69 Å². The smallest absolute Gasteiger partial charge is 0.232 e. The molecule has 1 aromatic heterocycles. The van der Waals surface area contributed by atoms with Crippen LogP contribution in [-0.4, -0.2) is 47.9 Å². The number of hydrogen-bond donors (Lipinski definition) is 0. The van der Waals surface area contributed by atoms with Gasteiger partial charge < -0.3 is 14.3 Å². The molecule has 25 heavy (non-hydrogen) atoms. The summed E-state index contributed by atoms with van der Waals surface area (Å²) in [5.74, 6) is 2.28. The second kappa shape index (κ2) is 8.15. The van der Waals surface area contributed by atoms with Crippen LogP contribution in [0.3, 0.4) is 0 Å². The lowest BCUT2D eigenvalue weighted by atomic mass is 10.2. The molecule has 7 heteroatoms. The summed E-state index contributed by atoms with van der Waals surface area (Å²) in [6.45, 7) is 7.01. The van der Waals surface area contributed by atoms with Gasteiger partial charge in [-0.2, -0.15) is 0 Å². The predicted octanol–water partition coefficient (Wildman–Crippen LogP) is 3.53. The van der Waals surface area contributed by atoms with Crippen molar-refractivity contribution >= 4 is 35.0 Å². The Morgan fingerprint density at radius 1 is 1.28 bits per heavy atom. The average Bonchev–Trinajstić information content (AvgIpc) is 2.94. The molecular formula is C18H22ClN3O2S. The zero-order chi connectivity index (χ0) is 17.8. The van der Waals surface area contributed by atoms with E-state index in [-0.39, 0.29) is 5.91 Å². The Labute approximate surface area is 157 Å². The molecule has 1 aliphatic rings. The van der Waals surface area contributed by atoms with Crippen molar-refractivity contribution in [2.75, 3.05) is 36.8 Å². The quantitative estimate of drug-likeness (QED) is 0.795. The minimum Gasteiger partial charge on any atom is -0.368 e. The molecule has 0 N–H and O–H groups in total. The highest BCUT2D eigenvalue weighted by atomic mass is 35.5. The first kappa shape index (κ1) is 18.1. The van der Waals surface area contributed by atoms with Crippen LogP contribution in [0.2, 0.25) is 5.02 Å². The molecule has 134 valence electrons. The van der Waals surface area contributed by atoms with Crippen LogP contribution in [0.5, 0.6) is 0 Å². The van der Waals surface area contributed by atoms with Gasteiger partial charge in [0.2, 0.25) is 5.91 Å². The summed E-state index contributed by atoms with van der Waals surface area (Å²) in [4.78, 5) is 16.6. The molecule has 0 unspecified atom stereocenters. The van der Waals surface area contributed by atoms with Gasteiger partial charge in [-0.1, -0.05) is 22.8 Å². The molecule has 3 rings (SSSR count). The van der Waals surface area contributed by atoms with E-state index in [1.54, 1.807) is 11.8 Å². The maximum atomic E-state index is 12.4. The van der Waals surface area contributed by atoms with E-state index in [0.717, 1.165) is 59.7 Å². The fourth-order valence-corrected chi connectivity index (χ4v) is 4.19. The van der Waals surface area contributed by atoms with Crippen molar-refractivity contribution < 1.29 is 9.32 Å². The largest absolute Gasteiger partial charge is 0.368 e. The average molecular weight is 380 g/mol. The molecule has 1 aliphatic heterocycles. The number of aromatic nitrogens is 1. The van der Waals surface area contributed by atoms with E-state index in [0.29, 0.717) is 5.75 Å². The van der Waals surface area contributed by atoms with Crippen molar-refractivity contribution in [2.45, 2.75) is 19.6 Å². The van der Waals surface area contributed by atoms with Crippen molar-refractivity contribution in [3.8, 4) is 0 Å². The standard InChI is InChI=1S/C18H22ClN3O2S/c1-13-17(14(2)24-20-13)11-25-12-18(23)22-8-6-21(7-9-22)16-5-3-4-15(19)10-16/h3-5,10H,6-9,11-12H2,1-2H3. The Hall–Kier alpha value is -1.66. The van der Waals surface area contributed by atoms with E-state index in [9.17, 15) is 4.79 Å². The molecule has 0 atom stereocenters. The fourth-order valence-electron chi connectivity index (χ4n) is 2.93. The zero-order valence-corrected chi connectivity index (χ0v) is 16.1. The van der Waals surface area contributed by atoms with Crippen LogP contribution in [0, 0.1) is 13.8 Å². The third kappa shape index (κ3) is 4.50. The number of nitrogens with zero attached hydrogens (tertiary/aromatic N) is 3. The number of hydrogen-bond acceptors (Lipinski definition) is 5. The SMILES string of the molecule is Cc1noc(C)c1CSCC(=O)N1CCN(c2cccc(Cl)c2)CC1. The summed E-state index contributed by atoms with van der Waals surface area (Å²) >= 11 is 7.68. The first-order chi connectivity index (χ1) is 12.0. The molecule has 2 aromatic rings. The molecule has 0 saturated carbocycles. The van der Waals surface area contributed by atoms with Gasteiger partial charge in [0.05, 0.1) is 11.4 Å². The summed E-state index contributed by atoms with van der Waals surface area (Å²) in [6, 6.07) is 7.86. The van der Waals surface area contributed by atoms with Crippen LogP contribution < -0.4 is 4.90 Å². The number of benzene rings is 1. The number of aryl methyl sites for hydroxylation is 2. The van der Waals surface area contributed by atoms with Gasteiger partial charge >= 0.3 is 0 Å². The lowest BCUT2D eigenvalue weighted by molar-refractivity contribution is -0.128. The number of thioether (sulfide) groups is 1. The van der Waals surface area contributed by atoms with Crippen molar-refractivity contribution in [3.63, 3.8) is 0 Å². The molecule has 1 amide bonds. The van der Waals surface area contributed by atoms with Crippen LogP contribution in [0.25, 0.3) is 0 Å². The van der Waals surface area contributed by atoms with E-state index >= 15 is 0 Å². The highest BCUT2D eigenvalue weighted by molar-refractivity contribution is 7.99. The first-order valence-corrected chi connectivity index (χ1v) is 9.85. The van der Waals surface area contributed by atoms with Crippen LogP contribution in [0.1, 0.15) is 17.0 Å². The molecule has 1 aromatic carbocycles. The summed E-state index contributed by atoms with van der Waals surface area (Å²) in [5.41, 5.74) is 3.13. The fraction of sp³-hybridized carbons (Fsp3) is 0.444. The predicted molar refractivity (Wildman–Crippen MR) is 102 cm³/mol. The molecule has 1 saturated heterocycles. The number of rotatable bonds is 5. The first-order valence-electron chi connectivity index (χ1n) is 8.32. The number of piperazine rings is 1. The van der Waals surface area contributed by atoms with Crippen molar-refractivity contribution in [1.29, 1.82) is 0 Å². The molecule has 1 fully saturated rings. The van der Waals surface area contributed by atoms with Crippen LogP contribution in [0.15, 0.2) is 28.8 Å². The highest BCUT2D eigenvalue weighted by Crippen LogP contribution is 2.22. The number of amides is 1. The topological polar surface area (TPSA) is 49.6 Å². The van der Waals surface area contributed by atoms with Gasteiger partial charge in [0, 0.05) is 48.2 Å². The van der Waals surface area contributed by atoms with E-state index in [2.05, 4.69) is 16.1 Å². The minimum absolute atomic E-state index is 0.197. The maximum Gasteiger partial charge on any atom is 0.232 e. The summed E-state index contributed by atoms with van der Waals surface area (Å²) in [6.07, 6.45) is 0. The molecular weight excluding hydrogens is 358 g/mol. The summed E-state index contributed by atoms with van der Waals surface area (Å²) in [7, 11) is 0. The molecule has 0 spiro atoms. The normalized spacial score (nSPS) is 14.8. The van der Waals surface area contributed by atoms with E-state index in [1.165, 1.54) is 0 Å². The van der Waals surface area contributed by atoms with Crippen molar-refractivity contribution in [3.05, 3.63) is 46.3 Å². The third-order valence-corrected chi connectivity index (χ3v) is 5.64. The second-order valence-electron chi connectivity index (χ2n) is 6.14. The molecule has 5 nitrogen and oxygen atoms in total. The van der Waals surface area contributed by atoms with Crippen molar-refractivity contribution in [2.24, 2.45) is 0 Å². The molecule has 2 heterocycles. The van der Waals surface area contributed by atoms with E-state index in [4.69, 9.17) is 16.1 Å². The van der Waals surface area contributed by atoms with Gasteiger partial charge in [-0.05, 0) is 32.0 Å². The maximum absolute atomic E-state index is 12.4.